The first-order valence-corrected chi connectivity index (χ1v) is 11.8. The molecule has 2 N–H and O–H groups in total. The van der Waals surface area contributed by atoms with E-state index >= 15 is 0 Å². The van der Waals surface area contributed by atoms with Crippen LogP contribution in [0.5, 0.6) is 23.0 Å². The van der Waals surface area contributed by atoms with Crippen LogP contribution in [0.3, 0.4) is 0 Å². The quantitative estimate of drug-likeness (QED) is 0.293. The van der Waals surface area contributed by atoms with Crippen molar-refractivity contribution in [3.05, 3.63) is 113 Å². The van der Waals surface area contributed by atoms with E-state index < -0.39 is 0 Å². The highest BCUT2D eigenvalue weighted by Gasteiger charge is 2.24. The molecule has 5 heteroatoms. The van der Waals surface area contributed by atoms with Crippen LogP contribution < -0.4 is 9.47 Å². The normalized spacial score (nSPS) is 13.6. The number of aromatic hydroxyl groups is 2. The number of allylic oxidation sites excluding steroid dienone is 1. The van der Waals surface area contributed by atoms with Crippen molar-refractivity contribution < 1.29 is 19.7 Å². The van der Waals surface area contributed by atoms with Crippen LogP contribution in [0.15, 0.2) is 96.8 Å². The van der Waals surface area contributed by atoms with Gasteiger partial charge in [0, 0.05) is 47.6 Å². The zero-order valence-corrected chi connectivity index (χ0v) is 19.8. The van der Waals surface area contributed by atoms with Gasteiger partial charge in [-0.3, -0.25) is 0 Å². The highest BCUT2D eigenvalue weighted by Crippen LogP contribution is 2.42. The van der Waals surface area contributed by atoms with Gasteiger partial charge in [-0.05, 0) is 47.5 Å². The first kappa shape index (κ1) is 21.9. The second-order valence-corrected chi connectivity index (χ2v) is 8.97. The maximum Gasteiger partial charge on any atom is 0.137 e. The second-order valence-electron chi connectivity index (χ2n) is 8.97. The Bertz CT molecular complexity index is 1600. The van der Waals surface area contributed by atoms with E-state index in [2.05, 4.69) is 35.9 Å². The average molecular weight is 476 g/mol. The van der Waals surface area contributed by atoms with Crippen LogP contribution in [0, 0.1) is 0 Å². The van der Waals surface area contributed by atoms with E-state index in [1.54, 1.807) is 0 Å². The predicted octanol–water partition coefficient (Wildman–Crippen LogP) is 6.81. The van der Waals surface area contributed by atoms with Gasteiger partial charge >= 0.3 is 0 Å². The first-order chi connectivity index (χ1) is 17.6. The first-order valence-electron chi connectivity index (χ1n) is 11.8. The minimum Gasteiger partial charge on any atom is -0.508 e. The molecule has 4 aromatic carbocycles. The third-order valence-electron chi connectivity index (χ3n) is 6.59. The molecule has 0 atom stereocenters. The monoisotopic (exact) mass is 475 g/mol. The zero-order valence-electron chi connectivity index (χ0n) is 19.8. The SMILES string of the molecule is Cn1c(-c2ccc(OCc3ccccc3)cc2)c(C=C2Cc3c(O)cc(O)cc3O2)c2ccccc21. The Morgan fingerprint density at radius 3 is 2.47 bits per heavy atom. The molecule has 1 aliphatic rings. The van der Waals surface area contributed by atoms with Crippen molar-refractivity contribution in [2.24, 2.45) is 7.05 Å². The van der Waals surface area contributed by atoms with Gasteiger partial charge in [0.25, 0.3) is 0 Å². The van der Waals surface area contributed by atoms with E-state index in [9.17, 15) is 10.2 Å². The third kappa shape index (κ3) is 3.95. The molecule has 5 aromatic rings. The molecule has 178 valence electrons. The Hall–Kier alpha value is -4.64. The van der Waals surface area contributed by atoms with Crippen LogP contribution in [-0.2, 0) is 20.1 Å². The molecule has 0 fully saturated rings. The van der Waals surface area contributed by atoms with Crippen LogP contribution in [0.4, 0.5) is 0 Å². The fourth-order valence-electron chi connectivity index (χ4n) is 4.85. The van der Waals surface area contributed by atoms with E-state index in [4.69, 9.17) is 9.47 Å². The molecule has 36 heavy (non-hydrogen) atoms. The van der Waals surface area contributed by atoms with Crippen molar-refractivity contribution in [2.45, 2.75) is 13.0 Å². The summed E-state index contributed by atoms with van der Waals surface area (Å²) in [6, 6.07) is 29.4. The van der Waals surface area contributed by atoms with Crippen molar-refractivity contribution in [1.82, 2.24) is 4.57 Å². The summed E-state index contributed by atoms with van der Waals surface area (Å²) >= 11 is 0. The Morgan fingerprint density at radius 2 is 1.67 bits per heavy atom. The number of nitrogens with zero attached hydrogens (tertiary/aromatic N) is 1. The maximum absolute atomic E-state index is 10.3. The fraction of sp³-hybridized carbons (Fsp3) is 0.0968. The number of hydrogen-bond donors (Lipinski definition) is 2. The minimum atomic E-state index is -0.0204. The summed E-state index contributed by atoms with van der Waals surface area (Å²) in [7, 11) is 2.06. The number of benzene rings is 4. The largest absolute Gasteiger partial charge is 0.508 e. The lowest BCUT2D eigenvalue weighted by Crippen LogP contribution is -1.96. The predicted molar refractivity (Wildman–Crippen MR) is 141 cm³/mol. The van der Waals surface area contributed by atoms with Gasteiger partial charge in [-0.2, -0.15) is 0 Å². The lowest BCUT2D eigenvalue weighted by atomic mass is 10.0. The maximum atomic E-state index is 10.3. The van der Waals surface area contributed by atoms with Crippen LogP contribution in [0.1, 0.15) is 16.7 Å². The standard InChI is InChI=1S/C31H25NO4/c1-32-28-10-6-5-9-25(28)26(17-24-18-27-29(34)15-22(33)16-30(27)36-24)31(32)21-11-13-23(14-12-21)35-19-20-7-3-2-4-8-20/h2-17,33-34H,18-19H2,1H3. The van der Waals surface area contributed by atoms with Crippen LogP contribution in [0.2, 0.25) is 0 Å². The smallest absolute Gasteiger partial charge is 0.137 e. The van der Waals surface area contributed by atoms with Gasteiger partial charge in [0.1, 0.15) is 35.4 Å². The van der Waals surface area contributed by atoms with Crippen molar-refractivity contribution in [3.63, 3.8) is 0 Å². The van der Waals surface area contributed by atoms with Gasteiger partial charge < -0.3 is 24.3 Å². The van der Waals surface area contributed by atoms with E-state index in [0.29, 0.717) is 30.1 Å². The molecular weight excluding hydrogens is 450 g/mol. The molecule has 1 aliphatic heterocycles. The van der Waals surface area contributed by atoms with Gasteiger partial charge in [0.15, 0.2) is 0 Å². The number of rotatable bonds is 5. The van der Waals surface area contributed by atoms with E-state index in [1.807, 2.05) is 60.7 Å². The molecule has 1 aromatic heterocycles. The number of aryl methyl sites for hydroxylation is 1. The molecule has 0 bridgehead atoms. The molecule has 0 unspecified atom stereocenters. The van der Waals surface area contributed by atoms with Crippen LogP contribution in [-0.4, -0.2) is 14.8 Å². The number of ether oxygens (including phenoxy) is 2. The van der Waals surface area contributed by atoms with Crippen molar-refractivity contribution in [3.8, 4) is 34.3 Å². The molecule has 0 saturated carbocycles. The van der Waals surface area contributed by atoms with E-state index in [0.717, 1.165) is 39.0 Å². The zero-order chi connectivity index (χ0) is 24.6. The molecule has 0 radical (unpaired) electrons. The number of para-hydroxylation sites is 1. The summed E-state index contributed by atoms with van der Waals surface area (Å²) in [5.74, 6) is 2.03. The van der Waals surface area contributed by atoms with Crippen LogP contribution in [0.25, 0.3) is 28.2 Å². The summed E-state index contributed by atoms with van der Waals surface area (Å²) in [5, 5.41) is 21.2. The van der Waals surface area contributed by atoms with Gasteiger partial charge in [0.05, 0.1) is 5.69 Å². The fourth-order valence-corrected chi connectivity index (χ4v) is 4.85. The lowest BCUT2D eigenvalue weighted by Gasteiger charge is -2.10. The summed E-state index contributed by atoms with van der Waals surface area (Å²) in [6.07, 6.45) is 2.49. The Morgan fingerprint density at radius 1 is 0.917 bits per heavy atom. The number of hydrogen-bond acceptors (Lipinski definition) is 4. The average Bonchev–Trinajstić information content (AvgIpc) is 3.42. The van der Waals surface area contributed by atoms with Crippen molar-refractivity contribution in [1.29, 1.82) is 0 Å². The summed E-state index contributed by atoms with van der Waals surface area (Å²) in [5.41, 5.74) is 6.08. The topological polar surface area (TPSA) is 63.9 Å². The molecule has 2 heterocycles. The van der Waals surface area contributed by atoms with E-state index in [-0.39, 0.29) is 11.5 Å². The van der Waals surface area contributed by atoms with E-state index in [1.165, 1.54) is 12.1 Å². The molecular formula is C31H25NO4. The highest BCUT2D eigenvalue weighted by molar-refractivity contribution is 5.98. The molecule has 0 saturated heterocycles. The van der Waals surface area contributed by atoms with Crippen molar-refractivity contribution in [2.75, 3.05) is 0 Å². The molecule has 5 nitrogen and oxygen atoms in total. The Kier molecular flexibility index (Phi) is 5.38. The van der Waals surface area contributed by atoms with Gasteiger partial charge in [-0.25, -0.2) is 0 Å². The number of aromatic nitrogens is 1. The lowest BCUT2D eigenvalue weighted by molar-refractivity contribution is 0.306. The molecule has 0 amide bonds. The Balaban J connectivity index is 1.36. The van der Waals surface area contributed by atoms with Gasteiger partial charge in [-0.1, -0.05) is 48.5 Å². The molecule has 0 aliphatic carbocycles. The highest BCUT2D eigenvalue weighted by atomic mass is 16.5. The molecule has 0 spiro atoms. The van der Waals surface area contributed by atoms with Crippen LogP contribution >= 0.6 is 0 Å². The van der Waals surface area contributed by atoms with Crippen molar-refractivity contribution >= 4 is 17.0 Å². The van der Waals surface area contributed by atoms with Gasteiger partial charge in [0.2, 0.25) is 0 Å². The summed E-state index contributed by atoms with van der Waals surface area (Å²) in [4.78, 5) is 0. The number of phenolic OH excluding ortho intramolecular Hbond substituents is 2. The third-order valence-corrected chi connectivity index (χ3v) is 6.59. The minimum absolute atomic E-state index is 0.0204. The number of fused-ring (bicyclic) bond motifs is 2. The second kappa shape index (κ2) is 8.86. The summed E-state index contributed by atoms with van der Waals surface area (Å²) in [6.45, 7) is 0.520. The Labute approximate surface area is 209 Å². The number of phenols is 2. The van der Waals surface area contributed by atoms with Gasteiger partial charge in [-0.15, -0.1) is 0 Å². The summed E-state index contributed by atoms with van der Waals surface area (Å²) < 4.78 is 14.2. The molecule has 6 rings (SSSR count).